The highest BCUT2D eigenvalue weighted by atomic mass is 16.6. The van der Waals surface area contributed by atoms with Gasteiger partial charge in [-0.1, -0.05) is 27.7 Å². The Kier molecular flexibility index (Phi) is 8.73. The highest BCUT2D eigenvalue weighted by molar-refractivity contribution is 4.72. The Morgan fingerprint density at radius 3 is 1.46 bits per heavy atom. The van der Waals surface area contributed by atoms with Crippen LogP contribution in [0.1, 0.15) is 27.7 Å². The molecule has 0 spiro atoms. The Morgan fingerprint density at radius 2 is 1.12 bits per heavy atom. The van der Waals surface area contributed by atoms with Crippen molar-refractivity contribution in [1.82, 2.24) is 0 Å². The molecule has 2 rings (SSSR count). The van der Waals surface area contributed by atoms with E-state index < -0.39 is 6.10 Å². The number of aliphatic hydroxyl groups is 1. The van der Waals surface area contributed by atoms with Crippen molar-refractivity contribution in [3.05, 3.63) is 0 Å². The Bertz CT molecular complexity index is 355. The van der Waals surface area contributed by atoms with Gasteiger partial charge >= 0.3 is 0 Å². The van der Waals surface area contributed by atoms with Gasteiger partial charge in [0.25, 0.3) is 0 Å². The van der Waals surface area contributed by atoms with Crippen LogP contribution in [0.15, 0.2) is 0 Å². The number of aliphatic hydroxyl groups excluding tert-OH is 1. The molecular weight excluding hydrogens is 340 g/mol. The van der Waals surface area contributed by atoms with Crippen LogP contribution in [-0.4, -0.2) is 89.5 Å². The van der Waals surface area contributed by atoms with E-state index in [-0.39, 0.29) is 36.3 Å². The fourth-order valence-electron chi connectivity index (χ4n) is 2.34. The van der Waals surface area contributed by atoms with Crippen molar-refractivity contribution >= 4 is 0 Å². The number of ether oxygens (including phenoxy) is 6. The van der Waals surface area contributed by atoms with Crippen LogP contribution in [0.5, 0.6) is 0 Å². The number of epoxide rings is 2. The van der Waals surface area contributed by atoms with Crippen LogP contribution in [0, 0.1) is 10.8 Å². The van der Waals surface area contributed by atoms with Crippen LogP contribution in [0.4, 0.5) is 0 Å². The van der Waals surface area contributed by atoms with Gasteiger partial charge in [0, 0.05) is 10.8 Å². The molecule has 2 aliphatic heterocycles. The molecule has 0 radical (unpaired) electrons. The lowest BCUT2D eigenvalue weighted by Crippen LogP contribution is -2.32. The maximum Gasteiger partial charge on any atom is 0.104 e. The molecule has 7 nitrogen and oxygen atoms in total. The molecule has 2 atom stereocenters. The summed E-state index contributed by atoms with van der Waals surface area (Å²) in [5.74, 6) is 0. The average Bonchev–Trinajstić information content (AvgIpc) is 3.41. The Labute approximate surface area is 157 Å². The summed E-state index contributed by atoms with van der Waals surface area (Å²) in [7, 11) is 0. The predicted octanol–water partition coefficient (Wildman–Crippen LogP) is 1.26. The number of hydrogen-bond acceptors (Lipinski definition) is 7. The largest absolute Gasteiger partial charge is 0.388 e. The minimum absolute atomic E-state index is 0.0972. The molecule has 2 heterocycles. The van der Waals surface area contributed by atoms with Gasteiger partial charge in [0.05, 0.1) is 66.1 Å². The quantitative estimate of drug-likeness (QED) is 0.406. The SMILES string of the molecule is CC(C)(COCC(O)COCC(C)(C)COCC1CO1)COCC1CO1. The molecule has 2 fully saturated rings. The van der Waals surface area contributed by atoms with Crippen LogP contribution in [0.3, 0.4) is 0 Å². The van der Waals surface area contributed by atoms with Gasteiger partial charge in [-0.2, -0.15) is 0 Å². The minimum Gasteiger partial charge on any atom is -0.388 e. The van der Waals surface area contributed by atoms with E-state index in [1.807, 2.05) is 0 Å². The average molecular weight is 376 g/mol. The standard InChI is InChI=1S/C19H36O7/c1-18(2,13-23-7-16-9-25-16)11-21-5-15(20)6-22-12-19(3,4)14-24-8-17-10-26-17/h15-17,20H,5-14H2,1-4H3. The molecule has 0 amide bonds. The molecule has 7 heteroatoms. The second-order valence-electron chi connectivity index (χ2n) is 8.95. The first kappa shape index (κ1) is 22.0. The maximum atomic E-state index is 10.0. The van der Waals surface area contributed by atoms with E-state index in [1.165, 1.54) is 0 Å². The van der Waals surface area contributed by atoms with Crippen molar-refractivity contribution in [3.8, 4) is 0 Å². The summed E-state index contributed by atoms with van der Waals surface area (Å²) in [5, 5.41) is 10.0. The van der Waals surface area contributed by atoms with E-state index in [0.717, 1.165) is 13.2 Å². The summed E-state index contributed by atoms with van der Waals surface area (Å²) in [5.41, 5.74) is -0.194. The van der Waals surface area contributed by atoms with Crippen molar-refractivity contribution in [1.29, 1.82) is 0 Å². The van der Waals surface area contributed by atoms with E-state index in [9.17, 15) is 5.11 Å². The van der Waals surface area contributed by atoms with Crippen LogP contribution in [0.25, 0.3) is 0 Å². The second-order valence-corrected chi connectivity index (χ2v) is 8.95. The molecule has 2 saturated heterocycles. The maximum absolute atomic E-state index is 10.0. The van der Waals surface area contributed by atoms with E-state index in [2.05, 4.69) is 27.7 Å². The van der Waals surface area contributed by atoms with Gasteiger partial charge in [-0.05, 0) is 0 Å². The van der Waals surface area contributed by atoms with Gasteiger partial charge in [-0.15, -0.1) is 0 Å². The molecule has 0 aromatic carbocycles. The van der Waals surface area contributed by atoms with Crippen molar-refractivity contribution in [3.63, 3.8) is 0 Å². The first-order valence-corrected chi connectivity index (χ1v) is 9.48. The topological polar surface area (TPSA) is 82.2 Å². The summed E-state index contributed by atoms with van der Waals surface area (Å²) in [6.07, 6.45) is -0.0760. The molecule has 2 aliphatic rings. The second kappa shape index (κ2) is 10.3. The molecule has 0 bridgehead atoms. The molecule has 26 heavy (non-hydrogen) atoms. The molecule has 154 valence electrons. The predicted molar refractivity (Wildman–Crippen MR) is 96.3 cm³/mol. The van der Waals surface area contributed by atoms with Crippen molar-refractivity contribution in [2.24, 2.45) is 10.8 Å². The lowest BCUT2D eigenvalue weighted by atomic mass is 9.96. The summed E-state index contributed by atoms with van der Waals surface area (Å²) < 4.78 is 32.7. The first-order chi connectivity index (χ1) is 12.3. The van der Waals surface area contributed by atoms with Gasteiger partial charge in [0.15, 0.2) is 0 Å². The molecule has 1 N–H and O–H groups in total. The summed E-state index contributed by atoms with van der Waals surface area (Å²) in [6, 6.07) is 0. The third-order valence-corrected chi connectivity index (χ3v) is 4.00. The number of rotatable bonds is 16. The Balaban J connectivity index is 1.45. The smallest absolute Gasteiger partial charge is 0.104 e. The van der Waals surface area contributed by atoms with Crippen LogP contribution in [-0.2, 0) is 28.4 Å². The zero-order valence-corrected chi connectivity index (χ0v) is 16.7. The summed E-state index contributed by atoms with van der Waals surface area (Å²) >= 11 is 0. The third-order valence-electron chi connectivity index (χ3n) is 4.00. The Hall–Kier alpha value is -0.280. The zero-order chi connectivity index (χ0) is 19.0. The monoisotopic (exact) mass is 376 g/mol. The van der Waals surface area contributed by atoms with E-state index in [4.69, 9.17) is 28.4 Å². The van der Waals surface area contributed by atoms with Crippen LogP contribution in [0.2, 0.25) is 0 Å². The fraction of sp³-hybridized carbons (Fsp3) is 1.00. The molecule has 2 unspecified atom stereocenters. The third kappa shape index (κ3) is 10.8. The van der Waals surface area contributed by atoms with Gasteiger partial charge in [-0.25, -0.2) is 0 Å². The lowest BCUT2D eigenvalue weighted by Gasteiger charge is -2.26. The van der Waals surface area contributed by atoms with Gasteiger partial charge in [0.1, 0.15) is 18.3 Å². The number of hydrogen-bond donors (Lipinski definition) is 1. The van der Waals surface area contributed by atoms with Crippen LogP contribution < -0.4 is 0 Å². The van der Waals surface area contributed by atoms with Gasteiger partial charge in [0.2, 0.25) is 0 Å². The van der Waals surface area contributed by atoms with E-state index >= 15 is 0 Å². The highest BCUT2D eigenvalue weighted by Gasteiger charge is 2.26. The van der Waals surface area contributed by atoms with Crippen molar-refractivity contribution in [2.45, 2.75) is 46.0 Å². The Morgan fingerprint density at radius 1 is 0.769 bits per heavy atom. The van der Waals surface area contributed by atoms with Crippen molar-refractivity contribution in [2.75, 3.05) is 66.1 Å². The van der Waals surface area contributed by atoms with Gasteiger partial charge < -0.3 is 33.5 Å². The lowest BCUT2D eigenvalue weighted by molar-refractivity contribution is -0.0682. The van der Waals surface area contributed by atoms with Gasteiger partial charge in [-0.3, -0.25) is 0 Å². The first-order valence-electron chi connectivity index (χ1n) is 9.48. The highest BCUT2D eigenvalue weighted by Crippen LogP contribution is 2.19. The van der Waals surface area contributed by atoms with Crippen molar-refractivity contribution < 1.29 is 33.5 Å². The molecule has 0 aliphatic carbocycles. The minimum atomic E-state index is -0.636. The molecular formula is C19H36O7. The normalized spacial score (nSPS) is 23.9. The fourth-order valence-corrected chi connectivity index (χ4v) is 2.34. The van der Waals surface area contributed by atoms with E-state index in [1.54, 1.807) is 0 Å². The van der Waals surface area contributed by atoms with Crippen LogP contribution >= 0.6 is 0 Å². The zero-order valence-electron chi connectivity index (χ0n) is 16.7. The molecule has 0 aromatic rings. The summed E-state index contributed by atoms with van der Waals surface area (Å²) in [6.45, 7) is 14.0. The molecule has 0 aromatic heterocycles. The summed E-state index contributed by atoms with van der Waals surface area (Å²) in [4.78, 5) is 0. The van der Waals surface area contributed by atoms with E-state index in [0.29, 0.717) is 39.6 Å². The molecule has 0 saturated carbocycles.